The van der Waals surface area contributed by atoms with E-state index >= 15 is 0 Å². The maximum absolute atomic E-state index is 12.8. The van der Waals surface area contributed by atoms with Gasteiger partial charge in [-0.1, -0.05) is 36.4 Å². The minimum atomic E-state index is -0.812. The molecule has 2 aromatic carbocycles. The summed E-state index contributed by atoms with van der Waals surface area (Å²) < 4.78 is 1.66. The number of hydrogen-bond acceptors (Lipinski definition) is 4. The molecule has 1 unspecified atom stereocenters. The van der Waals surface area contributed by atoms with Crippen LogP contribution in [0.4, 0.5) is 0 Å². The predicted molar refractivity (Wildman–Crippen MR) is 94.6 cm³/mol. The van der Waals surface area contributed by atoms with Crippen LogP contribution in [0.2, 0.25) is 0 Å². The second-order valence-electron chi connectivity index (χ2n) is 5.64. The van der Waals surface area contributed by atoms with Gasteiger partial charge in [0.15, 0.2) is 0 Å². The Balaban J connectivity index is 2.08. The lowest BCUT2D eigenvalue weighted by molar-refractivity contribution is 0.228. The number of fused-ring (bicyclic) bond motifs is 1. The second kappa shape index (κ2) is 6.68. The molecule has 0 aliphatic carbocycles. The van der Waals surface area contributed by atoms with E-state index in [1.807, 2.05) is 37.3 Å². The van der Waals surface area contributed by atoms with E-state index in [1.165, 1.54) is 12.3 Å². The third kappa shape index (κ3) is 3.07. The summed E-state index contributed by atoms with van der Waals surface area (Å²) in [6.07, 6.45) is 1.96. The molecular weight excluding hydrogens is 302 g/mol. The van der Waals surface area contributed by atoms with Gasteiger partial charge in [-0.3, -0.25) is 9.36 Å². The fourth-order valence-corrected chi connectivity index (χ4v) is 2.70. The summed E-state index contributed by atoms with van der Waals surface area (Å²) in [6.45, 7) is 2.29. The molecule has 122 valence electrons. The van der Waals surface area contributed by atoms with Gasteiger partial charge < -0.3 is 10.8 Å². The third-order valence-corrected chi connectivity index (χ3v) is 3.99. The number of nitrogens with zero attached hydrogens (tertiary/aromatic N) is 2. The Hall–Kier alpha value is -2.92. The van der Waals surface area contributed by atoms with E-state index in [4.69, 9.17) is 5.73 Å². The zero-order valence-electron chi connectivity index (χ0n) is 13.4. The lowest BCUT2D eigenvalue weighted by Gasteiger charge is -2.12. The molecule has 1 atom stereocenters. The van der Waals surface area contributed by atoms with Crippen LogP contribution in [0.25, 0.3) is 10.9 Å². The molecule has 0 radical (unpaired) electrons. The fourth-order valence-electron chi connectivity index (χ4n) is 2.70. The average molecular weight is 321 g/mol. The van der Waals surface area contributed by atoms with Crippen LogP contribution in [-0.2, 0) is 6.54 Å². The van der Waals surface area contributed by atoms with Crippen LogP contribution in [0.1, 0.15) is 23.1 Å². The summed E-state index contributed by atoms with van der Waals surface area (Å²) in [6, 6.07) is 14.9. The molecule has 0 amide bonds. The van der Waals surface area contributed by atoms with Crippen molar-refractivity contribution in [3.05, 3.63) is 88.1 Å². The van der Waals surface area contributed by atoms with Crippen molar-refractivity contribution in [3.8, 4) is 0 Å². The Morgan fingerprint density at radius 1 is 1.25 bits per heavy atom. The maximum Gasteiger partial charge on any atom is 0.261 e. The Bertz CT molecular complexity index is 946. The monoisotopic (exact) mass is 321 g/mol. The van der Waals surface area contributed by atoms with Crippen LogP contribution < -0.4 is 11.3 Å². The third-order valence-electron chi connectivity index (χ3n) is 3.99. The second-order valence-corrected chi connectivity index (χ2v) is 5.64. The highest BCUT2D eigenvalue weighted by Gasteiger charge is 2.11. The molecule has 5 nitrogen and oxygen atoms in total. The van der Waals surface area contributed by atoms with Gasteiger partial charge in [-0.2, -0.15) is 0 Å². The first-order valence-electron chi connectivity index (χ1n) is 7.71. The zero-order valence-corrected chi connectivity index (χ0v) is 13.4. The van der Waals surface area contributed by atoms with Gasteiger partial charge in [0.2, 0.25) is 0 Å². The Morgan fingerprint density at radius 3 is 2.71 bits per heavy atom. The largest absolute Gasteiger partial charge is 0.405 e. The van der Waals surface area contributed by atoms with Crippen LogP contribution in [0.5, 0.6) is 0 Å². The number of aliphatic hydroxyl groups is 1. The molecule has 0 bridgehead atoms. The molecule has 0 spiro atoms. The van der Waals surface area contributed by atoms with E-state index in [0.29, 0.717) is 28.8 Å². The van der Waals surface area contributed by atoms with Crippen LogP contribution in [-0.4, -0.2) is 14.7 Å². The molecule has 0 saturated carbocycles. The van der Waals surface area contributed by atoms with Crippen molar-refractivity contribution in [2.75, 3.05) is 0 Å². The first-order valence-corrected chi connectivity index (χ1v) is 7.71. The summed E-state index contributed by atoms with van der Waals surface area (Å²) >= 11 is 0. The van der Waals surface area contributed by atoms with Crippen molar-refractivity contribution in [1.29, 1.82) is 0 Å². The molecule has 5 heteroatoms. The molecule has 3 N–H and O–H groups in total. The standard InChI is InChI=1S/C19H19N3O2/c1-13-21-17-11-15(18(23)9-10-20)7-8-16(17)19(24)22(13)12-14-5-3-2-4-6-14/h2-11,18,23H,12,20H2,1H3/b10-9+. The Kier molecular flexibility index (Phi) is 4.44. The van der Waals surface area contributed by atoms with E-state index in [0.717, 1.165) is 5.56 Å². The highest BCUT2D eigenvalue weighted by atomic mass is 16.3. The predicted octanol–water partition coefficient (Wildman–Crippen LogP) is 2.26. The average Bonchev–Trinajstić information content (AvgIpc) is 2.59. The molecular formula is C19H19N3O2. The minimum absolute atomic E-state index is 0.0863. The summed E-state index contributed by atoms with van der Waals surface area (Å²) in [5.74, 6) is 0.636. The number of hydrogen-bond donors (Lipinski definition) is 2. The minimum Gasteiger partial charge on any atom is -0.405 e. The van der Waals surface area contributed by atoms with Crippen LogP contribution in [0.3, 0.4) is 0 Å². The quantitative estimate of drug-likeness (QED) is 0.772. The van der Waals surface area contributed by atoms with Gasteiger partial charge in [-0.15, -0.1) is 0 Å². The Labute approximate surface area is 139 Å². The molecule has 24 heavy (non-hydrogen) atoms. The molecule has 0 fully saturated rings. The number of aliphatic hydroxyl groups excluding tert-OH is 1. The smallest absolute Gasteiger partial charge is 0.261 e. The lowest BCUT2D eigenvalue weighted by atomic mass is 10.1. The first kappa shape index (κ1) is 16.0. The SMILES string of the molecule is Cc1nc2cc(C(O)/C=C/N)ccc2c(=O)n1Cc1ccccc1. The first-order chi connectivity index (χ1) is 11.6. The number of benzene rings is 2. The molecule has 1 aromatic heterocycles. The number of aryl methyl sites for hydroxylation is 1. The van der Waals surface area contributed by atoms with Crippen LogP contribution in [0.15, 0.2) is 65.6 Å². The number of nitrogens with two attached hydrogens (primary N) is 1. The Morgan fingerprint density at radius 2 is 2.00 bits per heavy atom. The highest BCUT2D eigenvalue weighted by molar-refractivity contribution is 5.78. The molecule has 3 aromatic rings. The van der Waals surface area contributed by atoms with Crippen molar-refractivity contribution in [1.82, 2.24) is 9.55 Å². The zero-order chi connectivity index (χ0) is 17.1. The van der Waals surface area contributed by atoms with Gasteiger partial charge in [-0.05, 0) is 42.5 Å². The molecule has 0 aliphatic heterocycles. The van der Waals surface area contributed by atoms with E-state index in [9.17, 15) is 9.90 Å². The van der Waals surface area contributed by atoms with Gasteiger partial charge in [0.1, 0.15) is 5.82 Å². The van der Waals surface area contributed by atoms with Gasteiger partial charge in [-0.25, -0.2) is 4.98 Å². The summed E-state index contributed by atoms with van der Waals surface area (Å²) in [5, 5.41) is 10.5. The van der Waals surface area contributed by atoms with Crippen molar-refractivity contribution in [2.45, 2.75) is 19.6 Å². The van der Waals surface area contributed by atoms with Crippen LogP contribution in [0, 0.1) is 6.92 Å². The van der Waals surface area contributed by atoms with E-state index in [-0.39, 0.29) is 5.56 Å². The maximum atomic E-state index is 12.8. The normalized spacial score (nSPS) is 12.8. The van der Waals surface area contributed by atoms with Gasteiger partial charge in [0, 0.05) is 0 Å². The summed E-state index contributed by atoms with van der Waals surface area (Å²) in [4.78, 5) is 17.3. The van der Waals surface area contributed by atoms with E-state index in [1.54, 1.807) is 22.8 Å². The van der Waals surface area contributed by atoms with Gasteiger partial charge >= 0.3 is 0 Å². The van der Waals surface area contributed by atoms with Crippen molar-refractivity contribution in [2.24, 2.45) is 5.73 Å². The highest BCUT2D eigenvalue weighted by Crippen LogP contribution is 2.18. The fraction of sp³-hybridized carbons (Fsp3) is 0.158. The van der Waals surface area contributed by atoms with Gasteiger partial charge in [0.25, 0.3) is 5.56 Å². The van der Waals surface area contributed by atoms with E-state index < -0.39 is 6.10 Å². The number of aromatic nitrogens is 2. The molecule has 1 heterocycles. The summed E-state index contributed by atoms with van der Waals surface area (Å²) in [7, 11) is 0. The molecule has 0 aliphatic rings. The van der Waals surface area contributed by atoms with Gasteiger partial charge in [0.05, 0.1) is 23.6 Å². The van der Waals surface area contributed by atoms with Crippen LogP contribution >= 0.6 is 0 Å². The van der Waals surface area contributed by atoms with Crippen molar-refractivity contribution < 1.29 is 5.11 Å². The van der Waals surface area contributed by atoms with Crippen molar-refractivity contribution >= 4 is 10.9 Å². The topological polar surface area (TPSA) is 81.1 Å². The lowest BCUT2D eigenvalue weighted by Crippen LogP contribution is -2.24. The number of rotatable bonds is 4. The summed E-state index contributed by atoms with van der Waals surface area (Å²) in [5.41, 5.74) is 7.49. The molecule has 0 saturated heterocycles. The van der Waals surface area contributed by atoms with Crippen molar-refractivity contribution in [3.63, 3.8) is 0 Å². The molecule has 3 rings (SSSR count). The van der Waals surface area contributed by atoms with E-state index in [2.05, 4.69) is 4.98 Å².